The molecule has 40 heavy (non-hydrogen) atoms. The molecular weight excluding hydrogens is 600 g/mol. The Morgan fingerprint density at radius 2 is 0.925 bits per heavy atom. The molecule has 0 amide bonds. The van der Waals surface area contributed by atoms with Crippen molar-refractivity contribution in [3.05, 3.63) is 66.7 Å². The summed E-state index contributed by atoms with van der Waals surface area (Å²) >= 11 is 0. The summed E-state index contributed by atoms with van der Waals surface area (Å²) in [6.07, 6.45) is 9.77. The van der Waals surface area contributed by atoms with Crippen molar-refractivity contribution in [2.24, 2.45) is 0 Å². The summed E-state index contributed by atoms with van der Waals surface area (Å²) < 4.78 is 4.70. The number of pyridine rings is 1. The monoisotopic (exact) mass is 635 g/mol. The van der Waals surface area contributed by atoms with Gasteiger partial charge in [0.25, 0.3) is 0 Å². The molecule has 0 spiro atoms. The number of hydrogen-bond acceptors (Lipinski definition) is 3. The largest absolute Gasteiger partial charge is 3.00 e. The molecular formula is C31H37Cl3N5V. The summed E-state index contributed by atoms with van der Waals surface area (Å²) in [7, 11) is 0. The van der Waals surface area contributed by atoms with Crippen LogP contribution in [0.4, 0.5) is 0 Å². The maximum absolute atomic E-state index is 5.15. The SMILES string of the molecule is CCCCCCn1c(-c2cccc(-c3nc4ccccc4n3CCCCCC)n2)nc2ccccc21.[Cl-].[Cl-].[Cl-].[V+3]. The fraction of sp³-hybridized carbons (Fsp3) is 0.387. The summed E-state index contributed by atoms with van der Waals surface area (Å²) in [6, 6.07) is 23.1. The van der Waals surface area contributed by atoms with E-state index in [0.29, 0.717) is 0 Å². The normalized spacial score (nSPS) is 10.4. The van der Waals surface area contributed by atoms with Crippen LogP contribution in [0.3, 0.4) is 0 Å². The summed E-state index contributed by atoms with van der Waals surface area (Å²) in [4.78, 5) is 15.2. The molecule has 0 aliphatic rings. The van der Waals surface area contributed by atoms with Gasteiger partial charge in [0.05, 0.1) is 22.1 Å². The van der Waals surface area contributed by atoms with Crippen LogP contribution >= 0.6 is 0 Å². The van der Waals surface area contributed by atoms with Crippen molar-refractivity contribution in [1.29, 1.82) is 0 Å². The van der Waals surface area contributed by atoms with E-state index in [1.165, 1.54) is 49.6 Å². The molecule has 5 nitrogen and oxygen atoms in total. The van der Waals surface area contributed by atoms with Crippen LogP contribution < -0.4 is 37.2 Å². The number of halogens is 3. The summed E-state index contributed by atoms with van der Waals surface area (Å²) in [6.45, 7) is 6.42. The average Bonchev–Trinajstić information content (AvgIpc) is 3.48. The Bertz CT molecular complexity index is 1340. The van der Waals surface area contributed by atoms with Gasteiger partial charge in [-0.1, -0.05) is 82.7 Å². The number of unbranched alkanes of at least 4 members (excludes halogenated alkanes) is 6. The number of nitrogens with zero attached hydrogens (tertiary/aromatic N) is 5. The van der Waals surface area contributed by atoms with Crippen LogP contribution in [0, 0.1) is 0 Å². The molecule has 9 heteroatoms. The van der Waals surface area contributed by atoms with Gasteiger partial charge in [-0.3, -0.25) is 0 Å². The molecule has 3 heterocycles. The minimum Gasteiger partial charge on any atom is -1.00 e. The van der Waals surface area contributed by atoms with Gasteiger partial charge in [0.15, 0.2) is 11.6 Å². The number of imidazole rings is 2. The maximum Gasteiger partial charge on any atom is 3.00 e. The van der Waals surface area contributed by atoms with Crippen LogP contribution in [0.2, 0.25) is 0 Å². The molecule has 0 radical (unpaired) electrons. The van der Waals surface area contributed by atoms with Gasteiger partial charge in [-0.15, -0.1) is 0 Å². The average molecular weight is 637 g/mol. The van der Waals surface area contributed by atoms with Crippen molar-refractivity contribution in [2.75, 3.05) is 0 Å². The second-order valence-corrected chi connectivity index (χ2v) is 9.68. The second kappa shape index (κ2) is 17.7. The molecule has 0 aliphatic carbocycles. The Morgan fingerprint density at radius 3 is 1.35 bits per heavy atom. The predicted molar refractivity (Wildman–Crippen MR) is 150 cm³/mol. The van der Waals surface area contributed by atoms with Gasteiger partial charge >= 0.3 is 18.6 Å². The fourth-order valence-corrected chi connectivity index (χ4v) is 5.07. The van der Waals surface area contributed by atoms with Gasteiger partial charge in [0.1, 0.15) is 11.4 Å². The number of benzene rings is 2. The number of para-hydroxylation sites is 4. The summed E-state index contributed by atoms with van der Waals surface area (Å²) in [5, 5.41) is 0. The van der Waals surface area contributed by atoms with E-state index >= 15 is 0 Å². The Hall–Kier alpha value is -2.02. The molecule has 2 aromatic carbocycles. The minimum atomic E-state index is 0. The first-order chi connectivity index (χ1) is 17.8. The van der Waals surface area contributed by atoms with E-state index in [1.54, 1.807) is 0 Å². The molecule has 0 unspecified atom stereocenters. The first-order valence-electron chi connectivity index (χ1n) is 13.7. The van der Waals surface area contributed by atoms with Crippen LogP contribution in [-0.2, 0) is 31.6 Å². The minimum absolute atomic E-state index is 0. The summed E-state index contributed by atoms with van der Waals surface area (Å²) in [5.74, 6) is 1.89. The molecule has 5 rings (SSSR count). The van der Waals surface area contributed by atoms with Gasteiger partial charge in [-0.25, -0.2) is 15.0 Å². The van der Waals surface area contributed by atoms with Crippen LogP contribution in [0.15, 0.2) is 66.7 Å². The standard InChI is InChI=1S/C31H37N5.3ClH.V/c1-3-5-7-13-22-35-28-20-11-9-16-24(28)33-30(35)26-18-15-19-27(32-26)31-34-25-17-10-12-21-29(25)36(31)23-14-8-6-4-2;;;;/h9-12,15-21H,3-8,13-14,22-23H2,1-2H3;3*1H;/q;;;;+3/p-3. The zero-order valence-electron chi connectivity index (χ0n) is 23.2. The maximum atomic E-state index is 5.15. The van der Waals surface area contributed by atoms with Crippen molar-refractivity contribution < 1.29 is 55.8 Å². The van der Waals surface area contributed by atoms with Gasteiger partial charge in [-0.2, -0.15) is 0 Å². The van der Waals surface area contributed by atoms with Crippen LogP contribution in [-0.4, -0.2) is 24.1 Å². The molecule has 0 atom stereocenters. The molecule has 0 aliphatic heterocycles. The zero-order valence-corrected chi connectivity index (χ0v) is 26.9. The van der Waals surface area contributed by atoms with Crippen molar-refractivity contribution in [3.63, 3.8) is 0 Å². The van der Waals surface area contributed by atoms with E-state index in [2.05, 4.69) is 89.7 Å². The van der Waals surface area contributed by atoms with E-state index in [4.69, 9.17) is 15.0 Å². The van der Waals surface area contributed by atoms with Crippen molar-refractivity contribution >= 4 is 22.1 Å². The van der Waals surface area contributed by atoms with E-state index in [0.717, 1.165) is 60.0 Å². The van der Waals surface area contributed by atoms with Crippen LogP contribution in [0.1, 0.15) is 65.2 Å². The Labute approximate surface area is 268 Å². The molecule has 212 valence electrons. The first-order valence-corrected chi connectivity index (χ1v) is 13.7. The third kappa shape index (κ3) is 8.05. The molecule has 0 saturated carbocycles. The number of aromatic nitrogens is 5. The topological polar surface area (TPSA) is 48.5 Å². The first kappa shape index (κ1) is 36.0. The van der Waals surface area contributed by atoms with Gasteiger partial charge in [0, 0.05) is 13.1 Å². The smallest absolute Gasteiger partial charge is 1.00 e. The van der Waals surface area contributed by atoms with Gasteiger partial charge in [0.2, 0.25) is 0 Å². The van der Waals surface area contributed by atoms with Crippen molar-refractivity contribution in [3.8, 4) is 23.0 Å². The molecule has 0 bridgehead atoms. The predicted octanol–water partition coefficient (Wildman–Crippen LogP) is -0.715. The molecule has 0 saturated heterocycles. The summed E-state index contributed by atoms with van der Waals surface area (Å²) in [5.41, 5.74) is 6.23. The van der Waals surface area contributed by atoms with Crippen molar-refractivity contribution in [2.45, 2.75) is 78.3 Å². The van der Waals surface area contributed by atoms with E-state index < -0.39 is 0 Å². The molecule has 0 N–H and O–H groups in total. The number of fused-ring (bicyclic) bond motifs is 2. The van der Waals surface area contributed by atoms with Gasteiger partial charge < -0.3 is 46.4 Å². The van der Waals surface area contributed by atoms with Crippen LogP contribution in [0.5, 0.6) is 0 Å². The number of rotatable bonds is 12. The van der Waals surface area contributed by atoms with Crippen LogP contribution in [0.25, 0.3) is 45.1 Å². The number of hydrogen-bond donors (Lipinski definition) is 0. The molecule has 3 aromatic heterocycles. The number of aryl methyl sites for hydroxylation is 2. The molecule has 5 aromatic rings. The third-order valence-corrected chi connectivity index (χ3v) is 6.99. The van der Waals surface area contributed by atoms with E-state index in [-0.39, 0.29) is 55.8 Å². The van der Waals surface area contributed by atoms with Crippen molar-refractivity contribution in [1.82, 2.24) is 24.1 Å². The van der Waals surface area contributed by atoms with E-state index in [1.807, 2.05) is 0 Å². The third-order valence-electron chi connectivity index (χ3n) is 6.99. The van der Waals surface area contributed by atoms with Gasteiger partial charge in [-0.05, 0) is 49.2 Å². The Morgan fingerprint density at radius 1 is 0.500 bits per heavy atom. The Balaban J connectivity index is 0.00000200. The Kier molecular flexibility index (Phi) is 16.0. The zero-order chi connectivity index (χ0) is 24.7. The second-order valence-electron chi connectivity index (χ2n) is 9.68. The fourth-order valence-electron chi connectivity index (χ4n) is 5.07. The van der Waals surface area contributed by atoms with E-state index in [9.17, 15) is 0 Å². The quantitative estimate of drug-likeness (QED) is 0.170. The molecule has 0 fully saturated rings.